The third-order valence-electron chi connectivity index (χ3n) is 2.33. The Balaban J connectivity index is 2.28. The van der Waals surface area contributed by atoms with E-state index >= 15 is 0 Å². The highest BCUT2D eigenvalue weighted by Crippen LogP contribution is 2.29. The first-order valence-electron chi connectivity index (χ1n) is 5.06. The fraction of sp³-hybridized carbons (Fsp3) is 0.455. The zero-order valence-electron chi connectivity index (χ0n) is 8.63. The van der Waals surface area contributed by atoms with Crippen molar-refractivity contribution in [2.75, 3.05) is 19.8 Å². The van der Waals surface area contributed by atoms with Crippen LogP contribution in [-0.2, 0) is 15.4 Å². The Morgan fingerprint density at radius 2 is 1.87 bits per heavy atom. The molecule has 3 nitrogen and oxygen atoms in total. The maximum atomic E-state index is 5.84. The number of hydrogen-bond donors (Lipinski definition) is 1. The van der Waals surface area contributed by atoms with Crippen molar-refractivity contribution >= 4 is 11.6 Å². The summed E-state index contributed by atoms with van der Waals surface area (Å²) in [5.74, 6) is -0.778. The van der Waals surface area contributed by atoms with Crippen molar-refractivity contribution in [1.82, 2.24) is 5.32 Å². The van der Waals surface area contributed by atoms with Crippen molar-refractivity contribution in [1.29, 1.82) is 0 Å². The van der Waals surface area contributed by atoms with E-state index in [4.69, 9.17) is 21.1 Å². The largest absolute Gasteiger partial charge is 0.331 e. The van der Waals surface area contributed by atoms with E-state index in [0.29, 0.717) is 18.2 Å². The van der Waals surface area contributed by atoms with Gasteiger partial charge >= 0.3 is 0 Å². The lowest BCUT2D eigenvalue weighted by Gasteiger charge is -2.28. The van der Waals surface area contributed by atoms with Crippen LogP contribution in [0.3, 0.4) is 0 Å². The summed E-state index contributed by atoms with van der Waals surface area (Å²) in [5.41, 5.74) is 0.950. The number of halogens is 1. The van der Waals surface area contributed by atoms with Crippen LogP contribution in [0.1, 0.15) is 12.5 Å². The molecule has 0 spiro atoms. The minimum atomic E-state index is -0.778. The Labute approximate surface area is 94.3 Å². The summed E-state index contributed by atoms with van der Waals surface area (Å²) in [6, 6.07) is 7.49. The van der Waals surface area contributed by atoms with Gasteiger partial charge in [0, 0.05) is 10.6 Å². The fourth-order valence-corrected chi connectivity index (χ4v) is 1.81. The van der Waals surface area contributed by atoms with Gasteiger partial charge in [-0.15, -0.1) is 0 Å². The van der Waals surface area contributed by atoms with Gasteiger partial charge in [-0.1, -0.05) is 30.7 Å². The highest BCUT2D eigenvalue weighted by atomic mass is 35.5. The van der Waals surface area contributed by atoms with Crippen molar-refractivity contribution in [3.63, 3.8) is 0 Å². The third kappa shape index (κ3) is 2.16. The van der Waals surface area contributed by atoms with Gasteiger partial charge in [0.25, 0.3) is 5.91 Å². The summed E-state index contributed by atoms with van der Waals surface area (Å²) in [7, 11) is 0. The van der Waals surface area contributed by atoms with Gasteiger partial charge in [-0.2, -0.15) is 0 Å². The van der Waals surface area contributed by atoms with Crippen LogP contribution >= 0.6 is 11.6 Å². The van der Waals surface area contributed by atoms with Gasteiger partial charge in [-0.3, -0.25) is 5.32 Å². The van der Waals surface area contributed by atoms with Gasteiger partial charge in [0.2, 0.25) is 0 Å². The molecule has 1 aliphatic rings. The molecule has 82 valence electrons. The molecule has 0 bridgehead atoms. The minimum Gasteiger partial charge on any atom is -0.331 e. The maximum absolute atomic E-state index is 5.84. The molecule has 0 saturated carbocycles. The zero-order valence-corrected chi connectivity index (χ0v) is 9.38. The van der Waals surface area contributed by atoms with Gasteiger partial charge in [-0.05, 0) is 18.7 Å². The second-order valence-corrected chi connectivity index (χ2v) is 3.79. The lowest BCUT2D eigenvalue weighted by Crippen LogP contribution is -2.43. The number of nitrogens with one attached hydrogen (secondary N) is 1. The van der Waals surface area contributed by atoms with Crippen LogP contribution in [-0.4, -0.2) is 19.8 Å². The summed E-state index contributed by atoms with van der Waals surface area (Å²) in [4.78, 5) is 0. The molecule has 1 fully saturated rings. The first-order chi connectivity index (χ1) is 7.27. The molecule has 1 heterocycles. The van der Waals surface area contributed by atoms with Gasteiger partial charge in [0.1, 0.15) is 0 Å². The average Bonchev–Trinajstić information content (AvgIpc) is 2.69. The standard InChI is InChI=1S/C11H14ClNO2/c1-2-13-11(14-7-8-15-11)9-3-5-10(12)6-4-9/h3-6,13H,2,7-8H2,1H3. The molecule has 1 saturated heterocycles. The molecule has 15 heavy (non-hydrogen) atoms. The Hall–Kier alpha value is -0.610. The molecule has 0 amide bonds. The van der Waals surface area contributed by atoms with Crippen LogP contribution in [0.4, 0.5) is 0 Å². The van der Waals surface area contributed by atoms with Crippen LogP contribution in [0.2, 0.25) is 5.02 Å². The van der Waals surface area contributed by atoms with E-state index in [1.807, 2.05) is 31.2 Å². The number of rotatable bonds is 3. The van der Waals surface area contributed by atoms with E-state index < -0.39 is 5.91 Å². The van der Waals surface area contributed by atoms with Gasteiger partial charge in [0.15, 0.2) is 0 Å². The molecular weight excluding hydrogens is 214 g/mol. The SMILES string of the molecule is CCNC1(c2ccc(Cl)cc2)OCCO1. The Bertz CT molecular complexity index is 320. The zero-order chi connectivity index (χ0) is 10.7. The predicted octanol–water partition coefficient (Wildman–Crippen LogP) is 2.11. The first kappa shape index (κ1) is 10.9. The third-order valence-corrected chi connectivity index (χ3v) is 2.58. The predicted molar refractivity (Wildman–Crippen MR) is 58.7 cm³/mol. The van der Waals surface area contributed by atoms with Gasteiger partial charge < -0.3 is 9.47 Å². The minimum absolute atomic E-state index is 0.607. The van der Waals surface area contributed by atoms with Gasteiger partial charge in [-0.25, -0.2) is 0 Å². The van der Waals surface area contributed by atoms with Gasteiger partial charge in [0.05, 0.1) is 13.2 Å². The molecule has 1 N–H and O–H groups in total. The second kappa shape index (κ2) is 4.49. The lowest BCUT2D eigenvalue weighted by atomic mass is 10.1. The lowest BCUT2D eigenvalue weighted by molar-refractivity contribution is -0.189. The van der Waals surface area contributed by atoms with E-state index in [-0.39, 0.29) is 0 Å². The number of benzene rings is 1. The molecule has 4 heteroatoms. The van der Waals surface area contributed by atoms with E-state index in [1.54, 1.807) is 0 Å². The Morgan fingerprint density at radius 1 is 1.27 bits per heavy atom. The van der Waals surface area contributed by atoms with Crippen LogP contribution in [0.5, 0.6) is 0 Å². The first-order valence-corrected chi connectivity index (χ1v) is 5.43. The van der Waals surface area contributed by atoms with Crippen LogP contribution in [0.25, 0.3) is 0 Å². The van der Waals surface area contributed by atoms with Crippen molar-refractivity contribution in [3.05, 3.63) is 34.9 Å². The average molecular weight is 228 g/mol. The van der Waals surface area contributed by atoms with E-state index in [1.165, 1.54) is 0 Å². The summed E-state index contributed by atoms with van der Waals surface area (Å²) in [6.07, 6.45) is 0. The van der Waals surface area contributed by atoms with Crippen LogP contribution < -0.4 is 5.32 Å². The van der Waals surface area contributed by atoms with Crippen LogP contribution in [0, 0.1) is 0 Å². The highest BCUT2D eigenvalue weighted by molar-refractivity contribution is 6.30. The molecular formula is C11H14ClNO2. The van der Waals surface area contributed by atoms with E-state index in [2.05, 4.69) is 5.32 Å². The summed E-state index contributed by atoms with van der Waals surface area (Å²) >= 11 is 5.84. The molecule has 2 rings (SSSR count). The number of hydrogen-bond acceptors (Lipinski definition) is 3. The van der Waals surface area contributed by atoms with Crippen molar-refractivity contribution < 1.29 is 9.47 Å². The highest BCUT2D eigenvalue weighted by Gasteiger charge is 2.37. The molecule has 0 aliphatic carbocycles. The summed E-state index contributed by atoms with van der Waals surface area (Å²) in [5, 5.41) is 3.92. The molecule has 1 aromatic carbocycles. The van der Waals surface area contributed by atoms with Crippen molar-refractivity contribution in [2.24, 2.45) is 0 Å². The maximum Gasteiger partial charge on any atom is 0.255 e. The number of ether oxygens (including phenoxy) is 2. The Kier molecular flexibility index (Phi) is 3.26. The summed E-state index contributed by atoms with van der Waals surface area (Å²) < 4.78 is 11.3. The van der Waals surface area contributed by atoms with Crippen LogP contribution in [0.15, 0.2) is 24.3 Å². The van der Waals surface area contributed by atoms with E-state index in [0.717, 1.165) is 12.1 Å². The normalized spacial score (nSPS) is 19.3. The molecule has 1 aromatic rings. The topological polar surface area (TPSA) is 30.5 Å². The molecule has 0 radical (unpaired) electrons. The quantitative estimate of drug-likeness (QED) is 0.858. The summed E-state index contributed by atoms with van der Waals surface area (Å²) in [6.45, 7) is 4.01. The molecule has 0 unspecified atom stereocenters. The van der Waals surface area contributed by atoms with Crippen molar-refractivity contribution in [2.45, 2.75) is 12.8 Å². The second-order valence-electron chi connectivity index (χ2n) is 3.35. The molecule has 1 aliphatic heterocycles. The fourth-order valence-electron chi connectivity index (χ4n) is 1.69. The monoisotopic (exact) mass is 227 g/mol. The Morgan fingerprint density at radius 3 is 2.40 bits per heavy atom. The molecule has 0 aromatic heterocycles. The van der Waals surface area contributed by atoms with E-state index in [9.17, 15) is 0 Å². The molecule has 0 atom stereocenters. The van der Waals surface area contributed by atoms with Crippen molar-refractivity contribution in [3.8, 4) is 0 Å². The smallest absolute Gasteiger partial charge is 0.255 e.